The van der Waals surface area contributed by atoms with Crippen LogP contribution in [0.4, 0.5) is 5.69 Å². The molecule has 0 radical (unpaired) electrons. The lowest BCUT2D eigenvalue weighted by Crippen LogP contribution is -2.28. The molecule has 1 amide bonds. The first-order valence-electron chi connectivity index (χ1n) is 9.51. The van der Waals surface area contributed by atoms with Gasteiger partial charge in [-0.15, -0.1) is 0 Å². The van der Waals surface area contributed by atoms with Crippen LogP contribution >= 0.6 is 0 Å². The summed E-state index contributed by atoms with van der Waals surface area (Å²) in [7, 11) is 1.52. The number of phenols is 1. The van der Waals surface area contributed by atoms with E-state index in [1.54, 1.807) is 42.5 Å². The Balaban J connectivity index is 0.000000239. The van der Waals surface area contributed by atoms with Crippen molar-refractivity contribution in [2.75, 3.05) is 12.4 Å². The van der Waals surface area contributed by atoms with E-state index >= 15 is 0 Å². The maximum absolute atomic E-state index is 12.3. The smallest absolute Gasteiger partial charge is 0.342 e. The van der Waals surface area contributed by atoms with E-state index in [4.69, 9.17) is 14.3 Å². The van der Waals surface area contributed by atoms with Crippen LogP contribution in [0, 0.1) is 0 Å². The van der Waals surface area contributed by atoms with Gasteiger partial charge < -0.3 is 19.6 Å². The molecule has 0 saturated carbocycles. The summed E-state index contributed by atoms with van der Waals surface area (Å²) in [5.41, 5.74) is 1.62. The van der Waals surface area contributed by atoms with Gasteiger partial charge in [0.1, 0.15) is 5.76 Å². The third-order valence-corrected chi connectivity index (χ3v) is 4.64. The predicted molar refractivity (Wildman–Crippen MR) is 116 cm³/mol. The van der Waals surface area contributed by atoms with Crippen LogP contribution < -0.4 is 15.7 Å². The first-order valence-corrected chi connectivity index (χ1v) is 9.51. The summed E-state index contributed by atoms with van der Waals surface area (Å²) >= 11 is 0. The molecule has 4 rings (SSSR count). The number of phenolic OH excluding ortho intramolecular Hbond substituents is 1. The Morgan fingerprint density at radius 1 is 1.10 bits per heavy atom. The molecule has 1 atom stereocenters. The monoisotopic (exact) mass is 405 g/mol. The van der Waals surface area contributed by atoms with Crippen molar-refractivity contribution in [2.24, 2.45) is 0 Å². The second kappa shape index (κ2) is 9.60. The number of methoxy groups -OCH3 is 1. The lowest BCUT2D eigenvalue weighted by Gasteiger charge is -2.24. The largest absolute Gasteiger partial charge is 0.504 e. The van der Waals surface area contributed by atoms with Gasteiger partial charge in [-0.25, -0.2) is 4.79 Å². The highest BCUT2D eigenvalue weighted by Crippen LogP contribution is 2.35. The minimum absolute atomic E-state index is 0.0895. The molecule has 1 aliphatic rings. The topological polar surface area (TPSA) is 88.8 Å². The number of rotatable bonds is 3. The second-order valence-electron chi connectivity index (χ2n) is 6.65. The quantitative estimate of drug-likeness (QED) is 0.667. The van der Waals surface area contributed by atoms with Gasteiger partial charge in [0.05, 0.1) is 18.4 Å². The van der Waals surface area contributed by atoms with E-state index in [1.807, 2.05) is 37.3 Å². The first kappa shape index (κ1) is 20.9. The zero-order valence-corrected chi connectivity index (χ0v) is 16.8. The van der Waals surface area contributed by atoms with Crippen molar-refractivity contribution in [3.05, 3.63) is 94.0 Å². The highest BCUT2D eigenvalue weighted by atomic mass is 16.5. The molecule has 0 bridgehead atoms. The fourth-order valence-electron chi connectivity index (χ4n) is 3.29. The van der Waals surface area contributed by atoms with Crippen molar-refractivity contribution in [3.8, 4) is 11.5 Å². The fraction of sp³-hybridized carbons (Fsp3) is 0.167. The van der Waals surface area contributed by atoms with Crippen LogP contribution in [0.3, 0.4) is 0 Å². The molecule has 30 heavy (non-hydrogen) atoms. The lowest BCUT2D eigenvalue weighted by atomic mass is 9.86. The van der Waals surface area contributed by atoms with E-state index in [2.05, 4.69) is 5.32 Å². The van der Waals surface area contributed by atoms with E-state index in [0.29, 0.717) is 22.8 Å². The highest BCUT2D eigenvalue weighted by molar-refractivity contribution is 5.95. The van der Waals surface area contributed by atoms with Gasteiger partial charge in [0.25, 0.3) is 0 Å². The molecule has 1 aliphatic heterocycles. The number of hydrogen-bond donors (Lipinski definition) is 2. The van der Waals surface area contributed by atoms with Crippen molar-refractivity contribution in [1.29, 1.82) is 0 Å². The molecule has 0 saturated heterocycles. The van der Waals surface area contributed by atoms with Crippen LogP contribution in [-0.4, -0.2) is 18.1 Å². The van der Waals surface area contributed by atoms with Crippen molar-refractivity contribution in [3.63, 3.8) is 0 Å². The maximum atomic E-state index is 12.3. The van der Waals surface area contributed by atoms with E-state index in [9.17, 15) is 9.59 Å². The lowest BCUT2D eigenvalue weighted by molar-refractivity contribution is -0.116. The summed E-state index contributed by atoms with van der Waals surface area (Å²) in [6, 6.07) is 18.1. The van der Waals surface area contributed by atoms with Crippen LogP contribution in [0.15, 0.2) is 76.0 Å². The molecule has 154 valence electrons. The molecule has 2 N–H and O–H groups in total. The van der Waals surface area contributed by atoms with Crippen LogP contribution in [0.25, 0.3) is 6.08 Å². The average molecular weight is 405 g/mol. The summed E-state index contributed by atoms with van der Waals surface area (Å²) in [5, 5.41) is 11.8. The van der Waals surface area contributed by atoms with Crippen LogP contribution in [0.5, 0.6) is 11.5 Å². The average Bonchev–Trinajstić information content (AvgIpc) is 2.74. The van der Waals surface area contributed by atoms with Gasteiger partial charge in [0.2, 0.25) is 5.91 Å². The van der Waals surface area contributed by atoms with Gasteiger partial charge in [0, 0.05) is 18.4 Å². The molecule has 3 aromatic rings. The number of aromatic hydroxyl groups is 1. The zero-order chi connectivity index (χ0) is 21.5. The SMILES string of the molecule is C/C=C/c1cc2c(c(=O)o1)C(c1ccccc1)CC(=O)N2.COc1ccccc1O. The van der Waals surface area contributed by atoms with Crippen LogP contribution in [0.1, 0.15) is 36.1 Å². The van der Waals surface area contributed by atoms with Crippen LogP contribution in [-0.2, 0) is 4.79 Å². The first-order chi connectivity index (χ1) is 14.5. The molecular formula is C24H23NO5. The number of fused-ring (bicyclic) bond motifs is 1. The van der Waals surface area contributed by atoms with Gasteiger partial charge in [-0.05, 0) is 30.7 Å². The Bertz CT molecular complexity index is 1100. The number of hydrogen-bond acceptors (Lipinski definition) is 5. The van der Waals surface area contributed by atoms with Crippen molar-refractivity contribution in [1.82, 2.24) is 0 Å². The summed E-state index contributed by atoms with van der Waals surface area (Å²) < 4.78 is 10.1. The molecule has 0 spiro atoms. The minimum atomic E-state index is -0.394. The predicted octanol–water partition coefficient (Wildman–Crippen LogP) is 4.55. The van der Waals surface area contributed by atoms with Crippen LogP contribution in [0.2, 0.25) is 0 Å². The molecule has 6 heteroatoms. The molecule has 1 aromatic heterocycles. The Hall–Kier alpha value is -3.80. The van der Waals surface area contributed by atoms with Gasteiger partial charge >= 0.3 is 5.63 Å². The molecule has 0 aliphatic carbocycles. The van der Waals surface area contributed by atoms with E-state index in [0.717, 1.165) is 5.56 Å². The fourth-order valence-corrected chi connectivity index (χ4v) is 3.29. The van der Waals surface area contributed by atoms with Crippen molar-refractivity contribution in [2.45, 2.75) is 19.3 Å². The Morgan fingerprint density at radius 2 is 1.80 bits per heavy atom. The van der Waals surface area contributed by atoms with Crippen molar-refractivity contribution < 1.29 is 19.1 Å². The Labute approximate surface area is 174 Å². The number of amides is 1. The molecule has 1 unspecified atom stereocenters. The number of nitrogens with one attached hydrogen (secondary N) is 1. The number of anilines is 1. The van der Waals surface area contributed by atoms with Gasteiger partial charge in [-0.1, -0.05) is 48.5 Å². The van der Waals surface area contributed by atoms with E-state index in [-0.39, 0.29) is 24.0 Å². The number of carbonyl (C=O) groups is 1. The standard InChI is InChI=1S/C17H15NO3.C7H8O2/c1-2-6-12-9-14-16(17(20)21-12)13(10-15(19)18-14)11-7-4-3-5-8-11;1-9-7-5-3-2-4-6(7)8/h2-9,13H,10H2,1H3,(H,18,19);2-5,8H,1H3/b6-2+;. The normalized spacial score (nSPS) is 15.0. The molecule has 0 fully saturated rings. The summed E-state index contributed by atoms with van der Waals surface area (Å²) in [6.07, 6.45) is 3.73. The van der Waals surface area contributed by atoms with Gasteiger partial charge in [-0.2, -0.15) is 0 Å². The molecule has 2 aromatic carbocycles. The number of carbonyl (C=O) groups excluding carboxylic acids is 1. The Kier molecular flexibility index (Phi) is 6.70. The number of ether oxygens (including phenoxy) is 1. The van der Waals surface area contributed by atoms with Gasteiger partial charge in [0.15, 0.2) is 11.5 Å². The summed E-state index contributed by atoms with van der Waals surface area (Å²) in [4.78, 5) is 24.2. The summed E-state index contributed by atoms with van der Waals surface area (Å²) in [6.45, 7) is 1.84. The minimum Gasteiger partial charge on any atom is -0.504 e. The third-order valence-electron chi connectivity index (χ3n) is 4.64. The molecular weight excluding hydrogens is 382 g/mol. The maximum Gasteiger partial charge on any atom is 0.342 e. The van der Waals surface area contributed by atoms with E-state index < -0.39 is 5.63 Å². The van der Waals surface area contributed by atoms with E-state index in [1.165, 1.54) is 7.11 Å². The number of benzene rings is 2. The molecule has 6 nitrogen and oxygen atoms in total. The van der Waals surface area contributed by atoms with Gasteiger partial charge in [-0.3, -0.25) is 4.79 Å². The van der Waals surface area contributed by atoms with Crippen molar-refractivity contribution >= 4 is 17.7 Å². The zero-order valence-electron chi connectivity index (χ0n) is 16.8. The Morgan fingerprint density at radius 3 is 2.43 bits per heavy atom. The number of allylic oxidation sites excluding steroid dienone is 1. The summed E-state index contributed by atoms with van der Waals surface area (Å²) in [5.74, 6) is 0.784. The second-order valence-corrected chi connectivity index (χ2v) is 6.65. The molecule has 2 heterocycles. The highest BCUT2D eigenvalue weighted by Gasteiger charge is 2.30. The third kappa shape index (κ3) is 4.78. The number of para-hydroxylation sites is 2.